The fourth-order valence-electron chi connectivity index (χ4n) is 7.99. The fourth-order valence-corrected chi connectivity index (χ4v) is 7.99. The van der Waals surface area contributed by atoms with Gasteiger partial charge in [-0.1, -0.05) is 52.0 Å². The van der Waals surface area contributed by atoms with Crippen LogP contribution in [0, 0.1) is 10.8 Å². The van der Waals surface area contributed by atoms with E-state index >= 15 is 0 Å². The van der Waals surface area contributed by atoms with E-state index in [1.165, 1.54) is 34.2 Å². The van der Waals surface area contributed by atoms with E-state index in [0.29, 0.717) is 18.1 Å². The van der Waals surface area contributed by atoms with Crippen molar-refractivity contribution < 1.29 is 14.6 Å². The summed E-state index contributed by atoms with van der Waals surface area (Å²) in [4.78, 5) is 0. The third-order valence-corrected chi connectivity index (χ3v) is 8.20. The van der Waals surface area contributed by atoms with Gasteiger partial charge in [0.25, 0.3) is 0 Å². The SMILES string of the molecule is COc1cc2c(O)cc3c(c2c2c1OCCC2)-c1ccccc1C31CC(C)(C)CC(C)(C)C1. The summed E-state index contributed by atoms with van der Waals surface area (Å²) in [6.07, 6.45) is 5.30. The van der Waals surface area contributed by atoms with E-state index in [-0.39, 0.29) is 16.2 Å². The number of rotatable bonds is 1. The molecule has 33 heavy (non-hydrogen) atoms. The fraction of sp³-hybridized carbons (Fsp3) is 0.467. The lowest BCUT2D eigenvalue weighted by atomic mass is 9.52. The van der Waals surface area contributed by atoms with E-state index in [0.717, 1.165) is 42.2 Å². The molecule has 0 unspecified atom stereocenters. The Bertz CT molecular complexity index is 1280. The van der Waals surface area contributed by atoms with Crippen LogP contribution in [0.15, 0.2) is 36.4 Å². The second kappa shape index (κ2) is 6.68. The monoisotopic (exact) mass is 442 g/mol. The van der Waals surface area contributed by atoms with E-state index in [9.17, 15) is 5.11 Å². The summed E-state index contributed by atoms with van der Waals surface area (Å²) in [5.41, 5.74) is 6.86. The maximum absolute atomic E-state index is 11.4. The van der Waals surface area contributed by atoms with Gasteiger partial charge in [-0.05, 0) is 77.3 Å². The number of methoxy groups -OCH3 is 1. The molecule has 3 heteroatoms. The van der Waals surface area contributed by atoms with Gasteiger partial charge in [0.15, 0.2) is 11.5 Å². The predicted octanol–water partition coefficient (Wildman–Crippen LogP) is 7.38. The van der Waals surface area contributed by atoms with Gasteiger partial charge in [0.2, 0.25) is 0 Å². The van der Waals surface area contributed by atoms with Crippen molar-refractivity contribution in [1.29, 1.82) is 0 Å². The van der Waals surface area contributed by atoms with E-state index in [2.05, 4.69) is 58.0 Å². The van der Waals surface area contributed by atoms with E-state index in [1.807, 2.05) is 6.07 Å². The second-order valence-electron chi connectivity index (χ2n) is 12.1. The number of aromatic hydroxyl groups is 1. The van der Waals surface area contributed by atoms with Crippen LogP contribution in [0.25, 0.3) is 21.9 Å². The third kappa shape index (κ3) is 2.87. The molecular weight excluding hydrogens is 408 g/mol. The zero-order valence-electron chi connectivity index (χ0n) is 20.5. The van der Waals surface area contributed by atoms with Crippen molar-refractivity contribution >= 4 is 10.8 Å². The number of fused-ring (bicyclic) bond motifs is 9. The summed E-state index contributed by atoms with van der Waals surface area (Å²) in [5, 5.41) is 13.4. The zero-order valence-corrected chi connectivity index (χ0v) is 20.5. The van der Waals surface area contributed by atoms with Gasteiger partial charge >= 0.3 is 0 Å². The van der Waals surface area contributed by atoms with Crippen LogP contribution in [0.4, 0.5) is 0 Å². The van der Waals surface area contributed by atoms with Gasteiger partial charge in [-0.15, -0.1) is 0 Å². The molecular formula is C30H34O3. The summed E-state index contributed by atoms with van der Waals surface area (Å²) in [6, 6.07) is 13.0. The molecule has 3 nitrogen and oxygen atoms in total. The van der Waals surface area contributed by atoms with Crippen molar-refractivity contribution in [3.63, 3.8) is 0 Å². The Labute approximate surface area is 196 Å². The molecule has 172 valence electrons. The summed E-state index contributed by atoms with van der Waals surface area (Å²) in [7, 11) is 1.68. The maximum atomic E-state index is 11.4. The van der Waals surface area contributed by atoms with E-state index < -0.39 is 0 Å². The maximum Gasteiger partial charge on any atom is 0.164 e. The Morgan fingerprint density at radius 2 is 1.67 bits per heavy atom. The Hall–Kier alpha value is -2.68. The van der Waals surface area contributed by atoms with Gasteiger partial charge in [-0.3, -0.25) is 0 Å². The lowest BCUT2D eigenvalue weighted by Gasteiger charge is -2.51. The molecule has 3 aliphatic rings. The van der Waals surface area contributed by atoms with Crippen LogP contribution < -0.4 is 9.47 Å². The van der Waals surface area contributed by atoms with Gasteiger partial charge in [0, 0.05) is 21.8 Å². The minimum absolute atomic E-state index is 0.0921. The Balaban J connectivity index is 1.76. The average Bonchev–Trinajstić information content (AvgIpc) is 2.99. The van der Waals surface area contributed by atoms with Crippen LogP contribution in [0.2, 0.25) is 0 Å². The lowest BCUT2D eigenvalue weighted by molar-refractivity contribution is 0.0645. The van der Waals surface area contributed by atoms with Crippen molar-refractivity contribution in [2.24, 2.45) is 10.8 Å². The Morgan fingerprint density at radius 3 is 2.39 bits per heavy atom. The second-order valence-corrected chi connectivity index (χ2v) is 12.1. The molecule has 1 spiro atoms. The first-order valence-corrected chi connectivity index (χ1v) is 12.3. The van der Waals surface area contributed by atoms with Gasteiger partial charge in [-0.25, -0.2) is 0 Å². The van der Waals surface area contributed by atoms with Crippen molar-refractivity contribution in [3.8, 4) is 28.4 Å². The van der Waals surface area contributed by atoms with Crippen molar-refractivity contribution in [1.82, 2.24) is 0 Å². The molecule has 0 amide bonds. The third-order valence-electron chi connectivity index (χ3n) is 8.20. The normalized spacial score (nSPS) is 21.2. The van der Waals surface area contributed by atoms with Crippen LogP contribution in [0.5, 0.6) is 17.2 Å². The smallest absolute Gasteiger partial charge is 0.164 e. The summed E-state index contributed by atoms with van der Waals surface area (Å²) in [5.74, 6) is 1.92. The van der Waals surface area contributed by atoms with E-state index in [1.54, 1.807) is 7.11 Å². The van der Waals surface area contributed by atoms with Gasteiger partial charge in [-0.2, -0.15) is 0 Å². The highest BCUT2D eigenvalue weighted by atomic mass is 16.5. The molecule has 1 heterocycles. The summed E-state index contributed by atoms with van der Waals surface area (Å²) < 4.78 is 11.8. The first-order chi connectivity index (χ1) is 15.7. The number of aryl methyl sites for hydroxylation is 1. The van der Waals surface area contributed by atoms with Gasteiger partial charge in [0.05, 0.1) is 13.7 Å². The minimum Gasteiger partial charge on any atom is -0.507 e. The zero-order chi connectivity index (χ0) is 23.2. The molecule has 3 aromatic rings. The first kappa shape index (κ1) is 20.9. The molecule has 2 aliphatic carbocycles. The average molecular weight is 443 g/mol. The molecule has 0 bridgehead atoms. The van der Waals surface area contributed by atoms with Gasteiger partial charge in [0.1, 0.15) is 5.75 Å². The largest absolute Gasteiger partial charge is 0.507 e. The molecule has 1 saturated carbocycles. The lowest BCUT2D eigenvalue weighted by Crippen LogP contribution is -2.43. The molecule has 1 aliphatic heterocycles. The van der Waals surface area contributed by atoms with Crippen LogP contribution in [-0.2, 0) is 11.8 Å². The molecule has 1 N–H and O–H groups in total. The van der Waals surface area contributed by atoms with Gasteiger partial charge < -0.3 is 14.6 Å². The molecule has 0 atom stereocenters. The highest BCUT2D eigenvalue weighted by Crippen LogP contribution is 2.65. The highest BCUT2D eigenvalue weighted by Gasteiger charge is 2.53. The van der Waals surface area contributed by atoms with Crippen molar-refractivity contribution in [3.05, 3.63) is 53.1 Å². The van der Waals surface area contributed by atoms with Crippen molar-refractivity contribution in [2.45, 2.75) is 65.2 Å². The molecule has 6 rings (SSSR count). The number of phenolic OH excluding ortho intramolecular Hbond substituents is 1. The van der Waals surface area contributed by atoms with Crippen LogP contribution in [0.1, 0.15) is 70.1 Å². The Morgan fingerprint density at radius 1 is 0.939 bits per heavy atom. The quantitative estimate of drug-likeness (QED) is 0.427. The number of phenols is 1. The van der Waals surface area contributed by atoms with Crippen LogP contribution in [-0.4, -0.2) is 18.8 Å². The summed E-state index contributed by atoms with van der Waals surface area (Å²) in [6.45, 7) is 10.4. The molecule has 3 aromatic carbocycles. The molecule has 0 aromatic heterocycles. The molecule has 1 fully saturated rings. The molecule has 0 saturated heterocycles. The predicted molar refractivity (Wildman–Crippen MR) is 134 cm³/mol. The summed E-state index contributed by atoms with van der Waals surface area (Å²) >= 11 is 0. The topological polar surface area (TPSA) is 38.7 Å². The van der Waals surface area contributed by atoms with Crippen LogP contribution >= 0.6 is 0 Å². The standard InChI is InChI=1S/C30H34O3/c1-28(2)15-29(3,4)17-30(16-28)21-11-7-6-9-18(21)26-22(30)14-23(31)20-13-24(32-5)27-19(25(20)26)10-8-12-33-27/h6-7,9,11,13-14,31H,8,10,12,15-17H2,1-5H3. The van der Waals surface area contributed by atoms with Crippen molar-refractivity contribution in [2.75, 3.05) is 13.7 Å². The van der Waals surface area contributed by atoms with E-state index in [4.69, 9.17) is 9.47 Å². The molecule has 0 radical (unpaired) electrons. The number of benzene rings is 3. The first-order valence-electron chi connectivity index (χ1n) is 12.3. The number of ether oxygens (including phenoxy) is 2. The highest BCUT2D eigenvalue weighted by molar-refractivity contribution is 6.08. The number of hydrogen-bond donors (Lipinski definition) is 1. The van der Waals surface area contributed by atoms with Crippen LogP contribution in [0.3, 0.4) is 0 Å². The number of hydrogen-bond acceptors (Lipinski definition) is 3. The minimum atomic E-state index is -0.0921. The Kier molecular flexibility index (Phi) is 4.23.